The van der Waals surface area contributed by atoms with Gasteiger partial charge in [-0.3, -0.25) is 4.57 Å². The van der Waals surface area contributed by atoms with E-state index in [0.29, 0.717) is 6.42 Å². The summed E-state index contributed by atoms with van der Waals surface area (Å²) >= 11 is 0. The summed E-state index contributed by atoms with van der Waals surface area (Å²) < 4.78 is 15.2. The van der Waals surface area contributed by atoms with Crippen LogP contribution in [0.25, 0.3) is 0 Å². The highest BCUT2D eigenvalue weighted by Gasteiger charge is 2.12. The lowest BCUT2D eigenvalue weighted by atomic mass is 10.0. The molecule has 0 saturated carbocycles. The molecule has 1 rings (SSSR count). The van der Waals surface area contributed by atoms with E-state index in [0.717, 1.165) is 5.56 Å². The Morgan fingerprint density at radius 1 is 1.62 bits per heavy atom. The molecule has 5 nitrogen and oxygen atoms in total. The molecule has 1 aromatic carbocycles. The molecule has 0 saturated heterocycles. The molecule has 88 valence electrons. The molecule has 0 radical (unpaired) electrons. The standard InChI is InChI=1S/C10H14NO4P/c1-6(11)4-7-2-3-9(15-16-14)8(5-7)10(12)13/h2-3,5-6H,4,11,16H2,1H3,(H,12,13)/t6-/m1/s1. The lowest BCUT2D eigenvalue weighted by molar-refractivity contribution is 0.0695. The number of aromatic carboxylic acids is 1. The van der Waals surface area contributed by atoms with E-state index in [1.807, 2.05) is 6.92 Å². The maximum absolute atomic E-state index is 10.9. The molecular weight excluding hydrogens is 229 g/mol. The van der Waals surface area contributed by atoms with Crippen molar-refractivity contribution >= 4 is 14.7 Å². The van der Waals surface area contributed by atoms with Gasteiger partial charge in [0.15, 0.2) is 0 Å². The molecule has 0 aromatic heterocycles. The van der Waals surface area contributed by atoms with Gasteiger partial charge in [0.05, 0.1) is 0 Å². The fourth-order valence-electron chi connectivity index (χ4n) is 1.40. The molecule has 1 unspecified atom stereocenters. The van der Waals surface area contributed by atoms with Crippen LogP contribution in [0, 0.1) is 0 Å². The van der Waals surface area contributed by atoms with Crippen molar-refractivity contribution in [1.82, 2.24) is 0 Å². The number of hydrogen-bond donors (Lipinski definition) is 2. The highest BCUT2D eigenvalue weighted by atomic mass is 31.1. The molecule has 0 aliphatic heterocycles. The Kier molecular flexibility index (Phi) is 4.52. The van der Waals surface area contributed by atoms with Crippen molar-refractivity contribution in [1.29, 1.82) is 0 Å². The number of carbonyl (C=O) groups is 1. The number of nitrogens with two attached hydrogens (primary N) is 1. The molecule has 6 heteroatoms. The van der Waals surface area contributed by atoms with Gasteiger partial charge in [-0.25, -0.2) is 4.79 Å². The predicted octanol–water partition coefficient (Wildman–Crippen LogP) is 1.32. The van der Waals surface area contributed by atoms with Crippen LogP contribution < -0.4 is 10.3 Å². The van der Waals surface area contributed by atoms with E-state index in [1.54, 1.807) is 6.07 Å². The van der Waals surface area contributed by atoms with E-state index in [1.165, 1.54) is 12.1 Å². The summed E-state index contributed by atoms with van der Waals surface area (Å²) in [5.41, 5.74) is 6.46. The Labute approximate surface area is 94.5 Å². The third-order valence-corrected chi connectivity index (χ3v) is 2.36. The van der Waals surface area contributed by atoms with Gasteiger partial charge in [-0.05, 0) is 31.0 Å². The van der Waals surface area contributed by atoms with E-state index in [9.17, 15) is 9.36 Å². The highest BCUT2D eigenvalue weighted by molar-refractivity contribution is 7.17. The monoisotopic (exact) mass is 243 g/mol. The first-order valence-electron chi connectivity index (χ1n) is 4.76. The van der Waals surface area contributed by atoms with E-state index in [4.69, 9.17) is 15.4 Å². The largest absolute Gasteiger partial charge is 0.478 e. The minimum absolute atomic E-state index is 0.0153. The number of carboxylic acids is 1. The van der Waals surface area contributed by atoms with Gasteiger partial charge in [-0.15, -0.1) is 0 Å². The summed E-state index contributed by atoms with van der Waals surface area (Å²) in [4.78, 5) is 10.9. The first-order chi connectivity index (χ1) is 7.54. The van der Waals surface area contributed by atoms with Gasteiger partial charge >= 0.3 is 5.97 Å². The maximum Gasteiger partial charge on any atom is 0.339 e. The van der Waals surface area contributed by atoms with Crippen LogP contribution in [0.2, 0.25) is 0 Å². The van der Waals surface area contributed by atoms with Crippen LogP contribution in [0.5, 0.6) is 5.75 Å². The second-order valence-electron chi connectivity index (χ2n) is 3.53. The molecule has 0 heterocycles. The van der Waals surface area contributed by atoms with Crippen LogP contribution in [0.3, 0.4) is 0 Å². The van der Waals surface area contributed by atoms with E-state index in [-0.39, 0.29) is 17.4 Å². The summed E-state index contributed by atoms with van der Waals surface area (Å²) in [6, 6.07) is 4.68. The van der Waals surface area contributed by atoms with Crippen molar-refractivity contribution in [2.24, 2.45) is 5.73 Å². The van der Waals surface area contributed by atoms with Crippen LogP contribution in [-0.4, -0.2) is 17.1 Å². The number of carboxylic acid groups (broad SMARTS) is 1. The average Bonchev–Trinajstić information content (AvgIpc) is 2.19. The van der Waals surface area contributed by atoms with Crippen LogP contribution in [0.15, 0.2) is 18.2 Å². The first-order valence-corrected chi connectivity index (χ1v) is 5.71. The van der Waals surface area contributed by atoms with E-state index < -0.39 is 14.7 Å². The SMILES string of the molecule is C[C@@H](N)Cc1ccc(O[PH2]=O)c(C(=O)O)c1. The van der Waals surface area contributed by atoms with E-state index >= 15 is 0 Å². The van der Waals surface area contributed by atoms with Crippen molar-refractivity contribution in [3.8, 4) is 5.75 Å². The van der Waals surface area contributed by atoms with Crippen LogP contribution >= 0.6 is 8.69 Å². The molecule has 0 bridgehead atoms. The minimum Gasteiger partial charge on any atom is -0.478 e. The summed E-state index contributed by atoms with van der Waals surface area (Å²) in [7, 11) is -1.47. The molecule has 16 heavy (non-hydrogen) atoms. The lowest BCUT2D eigenvalue weighted by Crippen LogP contribution is -2.18. The molecule has 0 spiro atoms. The zero-order valence-corrected chi connectivity index (χ0v) is 10.00. The number of hydrogen-bond acceptors (Lipinski definition) is 4. The molecule has 0 fully saturated rings. The van der Waals surface area contributed by atoms with Gasteiger partial charge in [0.25, 0.3) is 0 Å². The molecular formula is C10H14NO4P. The van der Waals surface area contributed by atoms with Gasteiger partial charge in [0.2, 0.25) is 8.69 Å². The predicted molar refractivity (Wildman–Crippen MR) is 61.8 cm³/mol. The molecule has 1 aromatic rings. The quantitative estimate of drug-likeness (QED) is 0.761. The summed E-state index contributed by atoms with van der Waals surface area (Å²) in [6.07, 6.45) is 0.588. The van der Waals surface area contributed by atoms with Crippen LogP contribution in [-0.2, 0) is 11.0 Å². The van der Waals surface area contributed by atoms with Gasteiger partial charge in [-0.2, -0.15) is 0 Å². The summed E-state index contributed by atoms with van der Waals surface area (Å²) in [5, 5.41) is 8.95. The van der Waals surface area contributed by atoms with Gasteiger partial charge in [-0.1, -0.05) is 6.07 Å². The second-order valence-corrected chi connectivity index (χ2v) is 3.96. The third-order valence-electron chi connectivity index (χ3n) is 2.01. The molecule has 0 amide bonds. The molecule has 0 aliphatic carbocycles. The maximum atomic E-state index is 10.9. The van der Waals surface area contributed by atoms with Crippen LogP contribution in [0.4, 0.5) is 0 Å². The van der Waals surface area contributed by atoms with Crippen molar-refractivity contribution in [2.75, 3.05) is 0 Å². The third kappa shape index (κ3) is 3.36. The fourth-order valence-corrected chi connectivity index (χ4v) is 1.71. The Balaban J connectivity index is 3.06. The molecule has 2 atom stereocenters. The first kappa shape index (κ1) is 12.7. The second kappa shape index (κ2) is 5.68. The van der Waals surface area contributed by atoms with E-state index in [2.05, 4.69) is 0 Å². The van der Waals surface area contributed by atoms with Crippen LogP contribution in [0.1, 0.15) is 22.8 Å². The topological polar surface area (TPSA) is 89.6 Å². The lowest BCUT2D eigenvalue weighted by Gasteiger charge is -2.09. The zero-order chi connectivity index (χ0) is 12.1. The van der Waals surface area contributed by atoms with Crippen molar-refractivity contribution in [3.05, 3.63) is 29.3 Å². The zero-order valence-electron chi connectivity index (χ0n) is 8.84. The van der Waals surface area contributed by atoms with Crippen molar-refractivity contribution in [2.45, 2.75) is 19.4 Å². The number of rotatable bonds is 5. The number of benzene rings is 1. The van der Waals surface area contributed by atoms with Crippen molar-refractivity contribution in [3.63, 3.8) is 0 Å². The smallest absolute Gasteiger partial charge is 0.339 e. The van der Waals surface area contributed by atoms with Gasteiger partial charge in [0.1, 0.15) is 11.3 Å². The Morgan fingerprint density at radius 3 is 2.81 bits per heavy atom. The summed E-state index contributed by atoms with van der Waals surface area (Å²) in [5.74, 6) is -0.972. The van der Waals surface area contributed by atoms with Crippen molar-refractivity contribution < 1.29 is 19.0 Å². The Bertz CT molecular complexity index is 406. The normalized spacial score (nSPS) is 12.9. The van der Waals surface area contributed by atoms with Gasteiger partial charge < -0.3 is 15.4 Å². The minimum atomic E-state index is -1.47. The molecule has 0 aliphatic rings. The fraction of sp³-hybridized carbons (Fsp3) is 0.300. The highest BCUT2D eigenvalue weighted by Crippen LogP contribution is 2.23. The summed E-state index contributed by atoms with van der Waals surface area (Å²) in [6.45, 7) is 1.84. The Hall–Kier alpha value is -1.32. The average molecular weight is 243 g/mol. The Morgan fingerprint density at radius 2 is 2.31 bits per heavy atom. The van der Waals surface area contributed by atoms with Gasteiger partial charge in [0, 0.05) is 6.04 Å². The molecule has 3 N–H and O–H groups in total.